The minimum atomic E-state index is 0.104. The summed E-state index contributed by atoms with van der Waals surface area (Å²) >= 11 is 5.74. The van der Waals surface area contributed by atoms with Gasteiger partial charge in [0.25, 0.3) is 0 Å². The molecule has 1 atom stereocenters. The van der Waals surface area contributed by atoms with E-state index in [4.69, 9.17) is 11.6 Å². The first kappa shape index (κ1) is 12.2. The average Bonchev–Trinajstić information content (AvgIpc) is 2.26. The van der Waals surface area contributed by atoms with Gasteiger partial charge in [0.2, 0.25) is 0 Å². The zero-order chi connectivity index (χ0) is 11.3. The van der Waals surface area contributed by atoms with Crippen molar-refractivity contribution in [2.75, 3.05) is 6.54 Å². The predicted octanol–water partition coefficient (Wildman–Crippen LogP) is 2.91. The first-order valence-electron chi connectivity index (χ1n) is 5.15. The minimum absolute atomic E-state index is 0.104. The lowest BCUT2D eigenvalue weighted by Gasteiger charge is -2.10. The van der Waals surface area contributed by atoms with E-state index in [1.54, 1.807) is 24.3 Å². The van der Waals surface area contributed by atoms with Crippen molar-refractivity contribution in [3.8, 4) is 0 Å². The van der Waals surface area contributed by atoms with Crippen LogP contribution in [-0.4, -0.2) is 18.4 Å². The van der Waals surface area contributed by atoms with Gasteiger partial charge in [0.1, 0.15) is 0 Å². The molecule has 1 unspecified atom stereocenters. The number of halogens is 1. The average molecular weight is 226 g/mol. The maximum absolute atomic E-state index is 11.7. The molecule has 1 rings (SSSR count). The Labute approximate surface area is 95.6 Å². The maximum Gasteiger partial charge on any atom is 0.176 e. The van der Waals surface area contributed by atoms with Gasteiger partial charge in [0.05, 0.1) is 6.54 Å². The van der Waals surface area contributed by atoms with Crippen molar-refractivity contribution in [2.24, 2.45) is 0 Å². The fraction of sp³-hybridized carbons (Fsp3) is 0.417. The minimum Gasteiger partial charge on any atom is -0.307 e. The molecule has 3 heteroatoms. The van der Waals surface area contributed by atoms with E-state index in [1.807, 2.05) is 0 Å². The molecule has 2 nitrogen and oxygen atoms in total. The van der Waals surface area contributed by atoms with Gasteiger partial charge in [-0.25, -0.2) is 0 Å². The zero-order valence-electron chi connectivity index (χ0n) is 9.09. The largest absolute Gasteiger partial charge is 0.307 e. The molecule has 0 aliphatic rings. The van der Waals surface area contributed by atoms with Crippen molar-refractivity contribution >= 4 is 17.4 Å². The number of nitrogens with one attached hydrogen (secondary N) is 1. The molecule has 0 saturated heterocycles. The van der Waals surface area contributed by atoms with E-state index in [9.17, 15) is 4.79 Å². The Kier molecular flexibility index (Phi) is 4.79. The van der Waals surface area contributed by atoms with Gasteiger partial charge in [-0.1, -0.05) is 18.5 Å². The Morgan fingerprint density at radius 1 is 1.40 bits per heavy atom. The Balaban J connectivity index is 2.50. The topological polar surface area (TPSA) is 29.1 Å². The molecule has 0 radical (unpaired) electrons. The van der Waals surface area contributed by atoms with Crippen molar-refractivity contribution in [2.45, 2.75) is 26.3 Å². The second-order valence-corrected chi connectivity index (χ2v) is 4.06. The van der Waals surface area contributed by atoms with Crippen LogP contribution in [0.3, 0.4) is 0 Å². The molecule has 0 spiro atoms. The van der Waals surface area contributed by atoms with Crippen LogP contribution in [0.4, 0.5) is 0 Å². The molecule has 0 amide bonds. The van der Waals surface area contributed by atoms with E-state index >= 15 is 0 Å². The van der Waals surface area contributed by atoms with Crippen LogP contribution in [0.2, 0.25) is 5.02 Å². The van der Waals surface area contributed by atoms with Gasteiger partial charge < -0.3 is 5.32 Å². The van der Waals surface area contributed by atoms with E-state index in [-0.39, 0.29) is 5.78 Å². The van der Waals surface area contributed by atoms with Gasteiger partial charge in [0, 0.05) is 16.6 Å². The molecule has 1 aromatic carbocycles. The third kappa shape index (κ3) is 4.02. The highest BCUT2D eigenvalue weighted by atomic mass is 35.5. The molecule has 0 saturated carbocycles. The number of rotatable bonds is 5. The zero-order valence-corrected chi connectivity index (χ0v) is 9.84. The number of benzene rings is 1. The summed E-state index contributed by atoms with van der Waals surface area (Å²) in [7, 11) is 0. The van der Waals surface area contributed by atoms with Gasteiger partial charge in [0.15, 0.2) is 5.78 Å². The van der Waals surface area contributed by atoms with Crippen LogP contribution in [0.15, 0.2) is 24.3 Å². The van der Waals surface area contributed by atoms with Crippen LogP contribution in [0.25, 0.3) is 0 Å². The van der Waals surface area contributed by atoms with Crippen molar-refractivity contribution in [3.63, 3.8) is 0 Å². The summed E-state index contributed by atoms with van der Waals surface area (Å²) in [6, 6.07) is 7.35. The Bertz CT molecular complexity index is 321. The number of hydrogen-bond acceptors (Lipinski definition) is 2. The highest BCUT2D eigenvalue weighted by Crippen LogP contribution is 2.09. The fourth-order valence-corrected chi connectivity index (χ4v) is 1.28. The van der Waals surface area contributed by atoms with Crippen LogP contribution in [0.1, 0.15) is 30.6 Å². The van der Waals surface area contributed by atoms with Gasteiger partial charge in [-0.3, -0.25) is 4.79 Å². The summed E-state index contributed by atoms with van der Waals surface area (Å²) in [5, 5.41) is 3.82. The predicted molar refractivity (Wildman–Crippen MR) is 63.5 cm³/mol. The van der Waals surface area contributed by atoms with E-state index in [1.165, 1.54) is 0 Å². The first-order valence-corrected chi connectivity index (χ1v) is 5.53. The molecule has 0 aromatic heterocycles. The van der Waals surface area contributed by atoms with Crippen LogP contribution in [-0.2, 0) is 0 Å². The molecule has 1 N–H and O–H groups in total. The van der Waals surface area contributed by atoms with Gasteiger partial charge >= 0.3 is 0 Å². The van der Waals surface area contributed by atoms with E-state index in [2.05, 4.69) is 19.2 Å². The standard InChI is InChI=1S/C12H16ClNO/c1-3-9(2)14-8-12(15)10-4-6-11(13)7-5-10/h4-7,9,14H,3,8H2,1-2H3. The van der Waals surface area contributed by atoms with E-state index < -0.39 is 0 Å². The summed E-state index contributed by atoms with van der Waals surface area (Å²) in [4.78, 5) is 11.7. The Morgan fingerprint density at radius 2 is 2.00 bits per heavy atom. The molecule has 1 aromatic rings. The number of Topliss-reactive ketones (excluding diaryl/α,β-unsaturated/α-hetero) is 1. The highest BCUT2D eigenvalue weighted by molar-refractivity contribution is 6.30. The Morgan fingerprint density at radius 3 is 2.53 bits per heavy atom. The normalized spacial score (nSPS) is 12.5. The summed E-state index contributed by atoms with van der Waals surface area (Å²) in [6.45, 7) is 4.54. The number of ketones is 1. The maximum atomic E-state index is 11.7. The van der Waals surface area contributed by atoms with Gasteiger partial charge in [-0.2, -0.15) is 0 Å². The van der Waals surface area contributed by atoms with Gasteiger partial charge in [-0.05, 0) is 37.6 Å². The SMILES string of the molecule is CCC(C)NCC(=O)c1ccc(Cl)cc1. The van der Waals surface area contributed by atoms with Crippen LogP contribution >= 0.6 is 11.6 Å². The number of hydrogen-bond donors (Lipinski definition) is 1. The molecule has 0 bridgehead atoms. The van der Waals surface area contributed by atoms with Crippen LogP contribution in [0, 0.1) is 0 Å². The van der Waals surface area contributed by atoms with Crippen molar-refractivity contribution in [1.29, 1.82) is 0 Å². The lowest BCUT2D eigenvalue weighted by Crippen LogP contribution is -2.30. The Hall–Kier alpha value is -0.860. The van der Waals surface area contributed by atoms with Crippen molar-refractivity contribution < 1.29 is 4.79 Å². The van der Waals surface area contributed by atoms with Crippen molar-refractivity contribution in [3.05, 3.63) is 34.9 Å². The molecule has 0 aliphatic carbocycles. The monoisotopic (exact) mass is 225 g/mol. The number of carbonyl (C=O) groups is 1. The molecule has 0 fully saturated rings. The molecule has 0 heterocycles. The molecule has 15 heavy (non-hydrogen) atoms. The third-order valence-corrected chi connectivity index (χ3v) is 2.64. The summed E-state index contributed by atoms with van der Waals surface area (Å²) < 4.78 is 0. The molecule has 0 aliphatic heterocycles. The van der Waals surface area contributed by atoms with E-state index in [0.29, 0.717) is 23.2 Å². The summed E-state index contributed by atoms with van der Waals surface area (Å²) in [5.41, 5.74) is 0.704. The van der Waals surface area contributed by atoms with Crippen LogP contribution < -0.4 is 5.32 Å². The third-order valence-electron chi connectivity index (χ3n) is 2.39. The lowest BCUT2D eigenvalue weighted by atomic mass is 10.1. The second kappa shape index (κ2) is 5.89. The highest BCUT2D eigenvalue weighted by Gasteiger charge is 2.06. The lowest BCUT2D eigenvalue weighted by molar-refractivity contribution is 0.0987. The van der Waals surface area contributed by atoms with Crippen molar-refractivity contribution in [1.82, 2.24) is 5.32 Å². The summed E-state index contributed by atoms with van der Waals surface area (Å²) in [6.07, 6.45) is 1.02. The molecular formula is C12H16ClNO. The smallest absolute Gasteiger partial charge is 0.176 e. The molecule has 82 valence electrons. The number of carbonyl (C=O) groups excluding carboxylic acids is 1. The summed E-state index contributed by atoms with van der Waals surface area (Å²) in [5.74, 6) is 0.104. The van der Waals surface area contributed by atoms with Crippen LogP contribution in [0.5, 0.6) is 0 Å². The van der Waals surface area contributed by atoms with E-state index in [0.717, 1.165) is 6.42 Å². The second-order valence-electron chi connectivity index (χ2n) is 3.62. The molecular weight excluding hydrogens is 210 g/mol. The fourth-order valence-electron chi connectivity index (χ4n) is 1.15. The first-order chi connectivity index (χ1) is 7.13. The van der Waals surface area contributed by atoms with Gasteiger partial charge in [-0.15, -0.1) is 0 Å². The quantitative estimate of drug-likeness (QED) is 0.781.